The molecule has 0 spiro atoms. The molecule has 1 atom stereocenters. The molecule has 0 radical (unpaired) electrons. The van der Waals surface area contributed by atoms with Gasteiger partial charge in [0.15, 0.2) is 0 Å². The second kappa shape index (κ2) is 8.99. The summed E-state index contributed by atoms with van der Waals surface area (Å²) in [4.78, 5) is 25.6. The Labute approximate surface area is 157 Å². The van der Waals surface area contributed by atoms with E-state index in [1.807, 2.05) is 42.6 Å². The third kappa shape index (κ3) is 5.04. The first-order chi connectivity index (χ1) is 11.6. The van der Waals surface area contributed by atoms with Gasteiger partial charge in [-0.05, 0) is 42.6 Å². The monoisotopic (exact) mass is 379 g/mol. The van der Waals surface area contributed by atoms with Crippen molar-refractivity contribution in [3.8, 4) is 0 Å². The summed E-state index contributed by atoms with van der Waals surface area (Å²) in [5, 5.41) is 11.0. The van der Waals surface area contributed by atoms with Gasteiger partial charge in [0.05, 0.1) is 17.8 Å². The molecule has 1 unspecified atom stereocenters. The van der Waals surface area contributed by atoms with E-state index in [2.05, 4.69) is 16.0 Å². The summed E-state index contributed by atoms with van der Waals surface area (Å²) in [5.41, 5.74) is 1.27. The molecule has 1 fully saturated rings. The molecule has 1 aliphatic heterocycles. The predicted molar refractivity (Wildman–Crippen MR) is 104 cm³/mol. The zero-order chi connectivity index (χ0) is 16.9. The van der Waals surface area contributed by atoms with Crippen LogP contribution in [-0.2, 0) is 16.0 Å². The van der Waals surface area contributed by atoms with E-state index in [1.165, 1.54) is 0 Å². The highest BCUT2D eigenvalue weighted by atomic mass is 35.5. The maximum atomic E-state index is 12.4. The van der Waals surface area contributed by atoms with Crippen LogP contribution in [0.4, 0.5) is 11.4 Å². The van der Waals surface area contributed by atoms with Gasteiger partial charge in [0.2, 0.25) is 11.8 Å². The van der Waals surface area contributed by atoms with E-state index in [0.717, 1.165) is 18.0 Å². The average Bonchev–Trinajstić information content (AvgIpc) is 3.00. The Morgan fingerprint density at radius 1 is 1.16 bits per heavy atom. The van der Waals surface area contributed by atoms with E-state index in [4.69, 9.17) is 0 Å². The molecule has 25 heavy (non-hydrogen) atoms. The SMILES string of the molecule is CC(C(=O)Nc1ccccc1NC(=O)Cc1cccs1)C1CNC1.Cl. The first-order valence-electron chi connectivity index (χ1n) is 8.06. The van der Waals surface area contributed by atoms with Crippen molar-refractivity contribution in [2.45, 2.75) is 13.3 Å². The number of anilines is 2. The van der Waals surface area contributed by atoms with Crippen molar-refractivity contribution < 1.29 is 9.59 Å². The molecular formula is C18H22ClN3O2S. The summed E-state index contributed by atoms with van der Waals surface area (Å²) in [6, 6.07) is 11.2. The van der Waals surface area contributed by atoms with Crippen molar-refractivity contribution in [2.24, 2.45) is 11.8 Å². The minimum atomic E-state index is -0.0876. The molecule has 1 saturated heterocycles. The van der Waals surface area contributed by atoms with E-state index in [9.17, 15) is 9.59 Å². The molecule has 134 valence electrons. The molecule has 0 bridgehead atoms. The third-order valence-corrected chi connectivity index (χ3v) is 5.18. The lowest BCUT2D eigenvalue weighted by Gasteiger charge is -2.31. The van der Waals surface area contributed by atoms with Gasteiger partial charge in [-0.15, -0.1) is 23.7 Å². The number of rotatable bonds is 6. The molecule has 2 aromatic rings. The number of carbonyl (C=O) groups is 2. The molecule has 3 N–H and O–H groups in total. The summed E-state index contributed by atoms with van der Waals surface area (Å²) >= 11 is 1.56. The summed E-state index contributed by atoms with van der Waals surface area (Å²) in [5.74, 6) is 0.226. The summed E-state index contributed by atoms with van der Waals surface area (Å²) in [6.07, 6.45) is 0.337. The number of carbonyl (C=O) groups excluding carboxylic acids is 2. The number of benzene rings is 1. The Bertz CT molecular complexity index is 717. The zero-order valence-electron chi connectivity index (χ0n) is 14.0. The minimum absolute atomic E-state index is 0. The van der Waals surface area contributed by atoms with Gasteiger partial charge in [-0.25, -0.2) is 0 Å². The van der Waals surface area contributed by atoms with Crippen molar-refractivity contribution >= 4 is 46.9 Å². The summed E-state index contributed by atoms with van der Waals surface area (Å²) in [6.45, 7) is 3.71. The lowest BCUT2D eigenvalue weighted by atomic mass is 9.88. The third-order valence-electron chi connectivity index (χ3n) is 4.31. The normalized spacial score (nSPS) is 14.8. The Hall–Kier alpha value is -1.89. The van der Waals surface area contributed by atoms with Crippen LogP contribution in [0.25, 0.3) is 0 Å². The van der Waals surface area contributed by atoms with Crippen molar-refractivity contribution in [3.05, 3.63) is 46.7 Å². The topological polar surface area (TPSA) is 70.2 Å². The first-order valence-corrected chi connectivity index (χ1v) is 8.94. The van der Waals surface area contributed by atoms with Crippen LogP contribution in [0.2, 0.25) is 0 Å². The zero-order valence-corrected chi connectivity index (χ0v) is 15.6. The van der Waals surface area contributed by atoms with Crippen LogP contribution in [-0.4, -0.2) is 24.9 Å². The van der Waals surface area contributed by atoms with Crippen LogP contribution >= 0.6 is 23.7 Å². The summed E-state index contributed by atoms with van der Waals surface area (Å²) < 4.78 is 0. The highest BCUT2D eigenvalue weighted by Crippen LogP contribution is 2.24. The van der Waals surface area contributed by atoms with Gasteiger partial charge < -0.3 is 16.0 Å². The van der Waals surface area contributed by atoms with E-state index in [1.54, 1.807) is 17.4 Å². The Morgan fingerprint density at radius 3 is 2.40 bits per heavy atom. The second-order valence-electron chi connectivity index (χ2n) is 6.05. The molecule has 2 amide bonds. The lowest BCUT2D eigenvalue weighted by Crippen LogP contribution is -2.48. The predicted octanol–water partition coefficient (Wildman–Crippen LogP) is 3.15. The van der Waals surface area contributed by atoms with Gasteiger partial charge in [-0.1, -0.05) is 25.1 Å². The molecule has 0 saturated carbocycles. The largest absolute Gasteiger partial charge is 0.324 e. The van der Waals surface area contributed by atoms with E-state index < -0.39 is 0 Å². The van der Waals surface area contributed by atoms with Gasteiger partial charge in [-0.2, -0.15) is 0 Å². The van der Waals surface area contributed by atoms with Crippen molar-refractivity contribution in [1.29, 1.82) is 0 Å². The smallest absolute Gasteiger partial charge is 0.229 e. The van der Waals surface area contributed by atoms with Crippen LogP contribution in [0.3, 0.4) is 0 Å². The Kier molecular flexibility index (Phi) is 6.99. The fourth-order valence-corrected chi connectivity index (χ4v) is 3.30. The van der Waals surface area contributed by atoms with E-state index in [-0.39, 0.29) is 30.1 Å². The maximum Gasteiger partial charge on any atom is 0.229 e. The van der Waals surface area contributed by atoms with Crippen LogP contribution in [0, 0.1) is 11.8 Å². The fourth-order valence-electron chi connectivity index (χ4n) is 2.59. The van der Waals surface area contributed by atoms with Crippen molar-refractivity contribution in [3.63, 3.8) is 0 Å². The Balaban J connectivity index is 0.00000225. The number of nitrogens with one attached hydrogen (secondary N) is 3. The van der Waals surface area contributed by atoms with E-state index in [0.29, 0.717) is 23.7 Å². The quantitative estimate of drug-likeness (QED) is 0.722. The lowest BCUT2D eigenvalue weighted by molar-refractivity contribution is -0.121. The number of thiophene rings is 1. The van der Waals surface area contributed by atoms with E-state index >= 15 is 0 Å². The maximum absolute atomic E-state index is 12.4. The standard InChI is InChI=1S/C18H21N3O2S.ClH/c1-12(13-10-19-11-13)18(23)21-16-7-3-2-6-15(16)20-17(22)9-14-5-4-8-24-14;/h2-8,12-13,19H,9-11H2,1H3,(H,20,22)(H,21,23);1H. The number of amides is 2. The summed E-state index contributed by atoms with van der Waals surface area (Å²) in [7, 11) is 0. The van der Waals surface area contributed by atoms with Gasteiger partial charge in [0.1, 0.15) is 0 Å². The average molecular weight is 380 g/mol. The molecule has 3 rings (SSSR count). The van der Waals surface area contributed by atoms with Crippen molar-refractivity contribution in [1.82, 2.24) is 5.32 Å². The molecule has 7 heteroatoms. The van der Waals surface area contributed by atoms with Gasteiger partial charge in [-0.3, -0.25) is 9.59 Å². The van der Waals surface area contributed by atoms with Crippen molar-refractivity contribution in [2.75, 3.05) is 23.7 Å². The number of para-hydroxylation sites is 2. The molecule has 1 aliphatic rings. The molecule has 2 heterocycles. The molecule has 5 nitrogen and oxygen atoms in total. The second-order valence-corrected chi connectivity index (χ2v) is 7.08. The van der Waals surface area contributed by atoms with Gasteiger partial charge in [0, 0.05) is 10.8 Å². The minimum Gasteiger partial charge on any atom is -0.324 e. The molecule has 1 aromatic heterocycles. The van der Waals surface area contributed by atoms with Gasteiger partial charge in [0.25, 0.3) is 0 Å². The van der Waals surface area contributed by atoms with Crippen LogP contribution in [0.5, 0.6) is 0 Å². The highest BCUT2D eigenvalue weighted by molar-refractivity contribution is 7.10. The molecular weight excluding hydrogens is 358 g/mol. The van der Waals surface area contributed by atoms with Crippen LogP contribution in [0.15, 0.2) is 41.8 Å². The highest BCUT2D eigenvalue weighted by Gasteiger charge is 2.29. The fraction of sp³-hybridized carbons (Fsp3) is 0.333. The van der Waals surface area contributed by atoms with Crippen LogP contribution < -0.4 is 16.0 Å². The number of hydrogen-bond donors (Lipinski definition) is 3. The number of hydrogen-bond acceptors (Lipinski definition) is 4. The Morgan fingerprint density at radius 2 is 1.84 bits per heavy atom. The molecule has 1 aromatic carbocycles. The van der Waals surface area contributed by atoms with Crippen LogP contribution in [0.1, 0.15) is 11.8 Å². The number of halogens is 1. The molecule has 0 aliphatic carbocycles. The first kappa shape index (κ1) is 19.4. The van der Waals surface area contributed by atoms with Gasteiger partial charge >= 0.3 is 0 Å².